The van der Waals surface area contributed by atoms with Gasteiger partial charge in [0, 0.05) is 12.6 Å². The Kier molecular flexibility index (Phi) is 6.12. The number of carbonyl (C=O) groups is 1. The number of phenolic OH excluding ortho intramolecular Hbond substituents is 1. The van der Waals surface area contributed by atoms with Crippen LogP contribution in [0.15, 0.2) is 54.6 Å². The molecule has 0 bridgehead atoms. The van der Waals surface area contributed by atoms with Crippen LogP contribution in [0.3, 0.4) is 0 Å². The fourth-order valence-corrected chi connectivity index (χ4v) is 3.37. The molecule has 0 unspecified atom stereocenters. The summed E-state index contributed by atoms with van der Waals surface area (Å²) in [6.07, 6.45) is 2.23. The second-order valence-electron chi connectivity index (χ2n) is 6.80. The number of amides is 1. The van der Waals surface area contributed by atoms with E-state index in [0.717, 1.165) is 24.0 Å². The van der Waals surface area contributed by atoms with Crippen LogP contribution in [0.2, 0.25) is 0 Å². The molecule has 3 rings (SSSR count). The number of ether oxygens (including phenoxy) is 1. The van der Waals surface area contributed by atoms with Crippen LogP contribution in [0.4, 0.5) is 4.79 Å². The predicted octanol–water partition coefficient (Wildman–Crippen LogP) is 3.83. The summed E-state index contributed by atoms with van der Waals surface area (Å²) in [4.78, 5) is 14.5. The van der Waals surface area contributed by atoms with Gasteiger partial charge in [0.15, 0.2) is 0 Å². The van der Waals surface area contributed by atoms with Gasteiger partial charge in [-0.25, -0.2) is 4.79 Å². The van der Waals surface area contributed by atoms with Crippen LogP contribution in [0.25, 0.3) is 0 Å². The first-order chi connectivity index (χ1) is 12.6. The Morgan fingerprint density at radius 1 is 1.00 bits per heavy atom. The second-order valence-corrected chi connectivity index (χ2v) is 6.80. The Balaban J connectivity index is 1.70. The molecule has 1 fully saturated rings. The number of aliphatic hydroxyl groups is 1. The second kappa shape index (κ2) is 8.72. The number of carbonyl (C=O) groups excluding carboxylic acids is 1. The van der Waals surface area contributed by atoms with Crippen LogP contribution >= 0.6 is 0 Å². The summed E-state index contributed by atoms with van der Waals surface area (Å²) in [7, 11) is 0. The number of aromatic hydroxyl groups is 1. The highest BCUT2D eigenvalue weighted by atomic mass is 16.6. The predicted molar refractivity (Wildman–Crippen MR) is 98.5 cm³/mol. The van der Waals surface area contributed by atoms with Crippen molar-refractivity contribution in [3.8, 4) is 5.75 Å². The summed E-state index contributed by atoms with van der Waals surface area (Å²) < 4.78 is 5.53. The fraction of sp³-hybridized carbons (Fsp3) is 0.381. The van der Waals surface area contributed by atoms with E-state index < -0.39 is 0 Å². The van der Waals surface area contributed by atoms with E-state index in [0.29, 0.717) is 19.4 Å². The van der Waals surface area contributed by atoms with Gasteiger partial charge in [-0.2, -0.15) is 0 Å². The molecule has 5 nitrogen and oxygen atoms in total. The van der Waals surface area contributed by atoms with Crippen LogP contribution < -0.4 is 0 Å². The molecule has 0 saturated heterocycles. The molecule has 5 heteroatoms. The Labute approximate surface area is 153 Å². The zero-order valence-electron chi connectivity index (χ0n) is 14.8. The monoisotopic (exact) mass is 355 g/mol. The minimum atomic E-state index is -0.362. The van der Waals surface area contributed by atoms with Gasteiger partial charge >= 0.3 is 6.09 Å². The molecule has 2 aromatic carbocycles. The van der Waals surface area contributed by atoms with Crippen LogP contribution in [0, 0.1) is 0 Å². The molecule has 138 valence electrons. The molecule has 26 heavy (non-hydrogen) atoms. The van der Waals surface area contributed by atoms with Crippen LogP contribution in [-0.4, -0.2) is 33.4 Å². The number of aliphatic hydroxyl groups excluding tert-OH is 1. The summed E-state index contributed by atoms with van der Waals surface area (Å²) in [5.41, 5.74) is 1.80. The van der Waals surface area contributed by atoms with Crippen molar-refractivity contribution in [2.45, 2.75) is 51.0 Å². The molecule has 0 heterocycles. The summed E-state index contributed by atoms with van der Waals surface area (Å²) in [6, 6.07) is 16.5. The van der Waals surface area contributed by atoms with E-state index in [9.17, 15) is 15.0 Å². The van der Waals surface area contributed by atoms with Crippen molar-refractivity contribution in [3.05, 3.63) is 65.7 Å². The van der Waals surface area contributed by atoms with Gasteiger partial charge in [-0.1, -0.05) is 42.5 Å². The van der Waals surface area contributed by atoms with E-state index in [1.807, 2.05) is 36.4 Å². The van der Waals surface area contributed by atoms with Gasteiger partial charge in [-0.3, -0.25) is 0 Å². The standard InChI is InChI=1S/C21H25NO4/c23-19-11-9-18(10-12-19)22(14-17-7-4-8-20(24)13-17)21(25)26-15-16-5-2-1-3-6-16/h1-8,13,18-19,23-24H,9-12,14-15H2. The SMILES string of the molecule is O=C(OCc1ccccc1)N(Cc1cccc(O)c1)C1CCC(O)CC1. The molecule has 0 radical (unpaired) electrons. The molecule has 1 amide bonds. The van der Waals surface area contributed by atoms with E-state index in [4.69, 9.17) is 4.74 Å². The number of hydrogen-bond acceptors (Lipinski definition) is 4. The molecule has 0 aliphatic heterocycles. The maximum absolute atomic E-state index is 12.8. The van der Waals surface area contributed by atoms with E-state index in [-0.39, 0.29) is 30.6 Å². The van der Waals surface area contributed by atoms with Crippen LogP contribution in [0.5, 0.6) is 5.75 Å². The average Bonchev–Trinajstić information content (AvgIpc) is 2.66. The fourth-order valence-electron chi connectivity index (χ4n) is 3.37. The summed E-state index contributed by atoms with van der Waals surface area (Å²) in [5, 5.41) is 19.5. The van der Waals surface area contributed by atoms with Gasteiger partial charge in [0.2, 0.25) is 0 Å². The van der Waals surface area contributed by atoms with E-state index in [1.54, 1.807) is 23.1 Å². The van der Waals surface area contributed by atoms with Gasteiger partial charge in [-0.15, -0.1) is 0 Å². The lowest BCUT2D eigenvalue weighted by molar-refractivity contribution is 0.0462. The minimum absolute atomic E-state index is 0.0315. The lowest BCUT2D eigenvalue weighted by atomic mass is 9.92. The van der Waals surface area contributed by atoms with Crippen molar-refractivity contribution >= 4 is 6.09 Å². The van der Waals surface area contributed by atoms with Gasteiger partial charge < -0.3 is 19.8 Å². The van der Waals surface area contributed by atoms with E-state index in [2.05, 4.69) is 0 Å². The molecule has 0 spiro atoms. The zero-order chi connectivity index (χ0) is 18.4. The molecule has 1 aliphatic carbocycles. The first-order valence-electron chi connectivity index (χ1n) is 9.05. The average molecular weight is 355 g/mol. The molecule has 1 aliphatic rings. The summed E-state index contributed by atoms with van der Waals surface area (Å²) in [6.45, 7) is 0.605. The molecule has 0 atom stereocenters. The molecule has 1 saturated carbocycles. The third-order valence-corrected chi connectivity index (χ3v) is 4.81. The molecular weight excluding hydrogens is 330 g/mol. The van der Waals surface area contributed by atoms with Gasteiger partial charge in [-0.05, 0) is 48.9 Å². The maximum Gasteiger partial charge on any atom is 0.410 e. The highest BCUT2D eigenvalue weighted by Gasteiger charge is 2.29. The molecule has 0 aromatic heterocycles. The summed E-state index contributed by atoms with van der Waals surface area (Å²) in [5.74, 6) is 0.180. The lowest BCUT2D eigenvalue weighted by Gasteiger charge is -2.35. The van der Waals surface area contributed by atoms with Crippen molar-refractivity contribution in [1.82, 2.24) is 4.90 Å². The summed E-state index contributed by atoms with van der Waals surface area (Å²) >= 11 is 0. The van der Waals surface area contributed by atoms with E-state index in [1.165, 1.54) is 0 Å². The normalized spacial score (nSPS) is 19.7. The molecular formula is C21H25NO4. The van der Waals surface area contributed by atoms with Gasteiger partial charge in [0.05, 0.1) is 6.10 Å². The maximum atomic E-state index is 12.8. The van der Waals surface area contributed by atoms with Crippen molar-refractivity contribution in [2.75, 3.05) is 0 Å². The Morgan fingerprint density at radius 2 is 1.69 bits per heavy atom. The molecule has 2 aromatic rings. The van der Waals surface area contributed by atoms with E-state index >= 15 is 0 Å². The zero-order valence-corrected chi connectivity index (χ0v) is 14.8. The highest BCUT2D eigenvalue weighted by molar-refractivity contribution is 5.68. The van der Waals surface area contributed by atoms with Crippen molar-refractivity contribution in [3.63, 3.8) is 0 Å². The lowest BCUT2D eigenvalue weighted by Crippen LogP contribution is -2.42. The smallest absolute Gasteiger partial charge is 0.410 e. The Bertz CT molecular complexity index is 711. The number of hydrogen-bond donors (Lipinski definition) is 2. The third kappa shape index (κ3) is 4.99. The van der Waals surface area contributed by atoms with Crippen molar-refractivity contribution in [2.24, 2.45) is 0 Å². The number of phenols is 1. The Morgan fingerprint density at radius 3 is 2.38 bits per heavy atom. The highest BCUT2D eigenvalue weighted by Crippen LogP contribution is 2.26. The minimum Gasteiger partial charge on any atom is -0.508 e. The van der Waals surface area contributed by atoms with Crippen LogP contribution in [0.1, 0.15) is 36.8 Å². The topological polar surface area (TPSA) is 70.0 Å². The van der Waals surface area contributed by atoms with Crippen molar-refractivity contribution < 1.29 is 19.7 Å². The molecule has 2 N–H and O–H groups in total. The van der Waals surface area contributed by atoms with Gasteiger partial charge in [0.25, 0.3) is 0 Å². The number of rotatable bonds is 5. The largest absolute Gasteiger partial charge is 0.508 e. The number of nitrogens with zero attached hydrogens (tertiary/aromatic N) is 1. The first-order valence-corrected chi connectivity index (χ1v) is 9.05. The quantitative estimate of drug-likeness (QED) is 0.855. The third-order valence-electron chi connectivity index (χ3n) is 4.81. The van der Waals surface area contributed by atoms with Gasteiger partial charge in [0.1, 0.15) is 12.4 Å². The first kappa shape index (κ1) is 18.3. The Hall–Kier alpha value is -2.53. The number of benzene rings is 2. The van der Waals surface area contributed by atoms with Crippen LogP contribution in [-0.2, 0) is 17.9 Å². The van der Waals surface area contributed by atoms with Crippen molar-refractivity contribution in [1.29, 1.82) is 0 Å².